The molecule has 0 saturated heterocycles. The monoisotopic (exact) mass is 369 g/mol. The molecule has 0 amide bonds. The number of furan rings is 1. The van der Waals surface area contributed by atoms with Crippen LogP contribution in [0, 0.1) is 6.92 Å². The summed E-state index contributed by atoms with van der Waals surface area (Å²) < 4.78 is 7.22. The van der Waals surface area contributed by atoms with E-state index in [0.717, 1.165) is 22.7 Å². The number of aromatic nitrogens is 3. The van der Waals surface area contributed by atoms with Gasteiger partial charge in [0, 0.05) is 12.6 Å². The molecule has 0 unspecified atom stereocenters. The zero-order valence-corrected chi connectivity index (χ0v) is 16.6. The second-order valence-electron chi connectivity index (χ2n) is 7.29. The van der Waals surface area contributed by atoms with Crippen molar-refractivity contribution in [2.75, 3.05) is 5.75 Å². The van der Waals surface area contributed by atoms with Crippen LogP contribution >= 0.6 is 11.8 Å². The van der Waals surface area contributed by atoms with E-state index in [-0.39, 0.29) is 11.2 Å². The lowest BCUT2D eigenvalue weighted by Gasteiger charge is -2.18. The summed E-state index contributed by atoms with van der Waals surface area (Å²) >= 11 is 1.39. The molecule has 1 aromatic carbocycles. The molecule has 0 spiro atoms. The Kier molecular flexibility index (Phi) is 5.05. The SMILES string of the molecule is Cc1occc1-c1nnc(SCC(=O)c2ccc(C(C)(C)C)cc2)n1C. The quantitative estimate of drug-likeness (QED) is 0.484. The van der Waals surface area contributed by atoms with E-state index in [1.807, 2.05) is 48.9 Å². The first-order valence-corrected chi connectivity index (χ1v) is 9.46. The number of Topliss-reactive ketones (excluding diaryl/α,β-unsaturated/α-hetero) is 1. The fraction of sp³-hybridized carbons (Fsp3) is 0.350. The van der Waals surface area contributed by atoms with Crippen LogP contribution in [-0.4, -0.2) is 26.3 Å². The highest BCUT2D eigenvalue weighted by Crippen LogP contribution is 2.27. The maximum atomic E-state index is 12.5. The third-order valence-corrected chi connectivity index (χ3v) is 5.36. The van der Waals surface area contributed by atoms with Gasteiger partial charge < -0.3 is 8.98 Å². The van der Waals surface area contributed by atoms with Crippen molar-refractivity contribution < 1.29 is 9.21 Å². The average Bonchev–Trinajstić information content (AvgIpc) is 3.17. The van der Waals surface area contributed by atoms with Crippen molar-refractivity contribution in [1.82, 2.24) is 14.8 Å². The molecule has 0 aliphatic rings. The van der Waals surface area contributed by atoms with Gasteiger partial charge in [-0.2, -0.15) is 0 Å². The van der Waals surface area contributed by atoms with Crippen molar-refractivity contribution in [3.63, 3.8) is 0 Å². The number of hydrogen-bond donors (Lipinski definition) is 0. The molecule has 3 aromatic rings. The molecule has 5 nitrogen and oxygen atoms in total. The van der Waals surface area contributed by atoms with Crippen LogP contribution in [0.2, 0.25) is 0 Å². The van der Waals surface area contributed by atoms with E-state index in [4.69, 9.17) is 4.42 Å². The lowest BCUT2D eigenvalue weighted by Crippen LogP contribution is -2.11. The molecule has 0 bridgehead atoms. The zero-order valence-electron chi connectivity index (χ0n) is 15.7. The molecular weight excluding hydrogens is 346 g/mol. The van der Waals surface area contributed by atoms with Gasteiger partial charge in [0.05, 0.1) is 17.6 Å². The predicted octanol–water partition coefficient (Wildman–Crippen LogP) is 4.66. The Morgan fingerprint density at radius 2 is 1.85 bits per heavy atom. The van der Waals surface area contributed by atoms with E-state index in [9.17, 15) is 4.79 Å². The van der Waals surface area contributed by atoms with E-state index >= 15 is 0 Å². The Bertz CT molecular complexity index is 917. The zero-order chi connectivity index (χ0) is 18.9. The Hall–Kier alpha value is -2.34. The summed E-state index contributed by atoms with van der Waals surface area (Å²) in [6, 6.07) is 9.73. The minimum absolute atomic E-state index is 0.0799. The molecule has 0 aliphatic heterocycles. The molecule has 0 radical (unpaired) electrons. The van der Waals surface area contributed by atoms with Crippen LogP contribution in [0.3, 0.4) is 0 Å². The smallest absolute Gasteiger partial charge is 0.191 e. The standard InChI is InChI=1S/C20H23N3O2S/c1-13-16(10-11-25-13)18-21-22-19(23(18)5)26-12-17(24)14-6-8-15(9-7-14)20(2,3)4/h6-11H,12H2,1-5H3. The Morgan fingerprint density at radius 1 is 1.15 bits per heavy atom. The topological polar surface area (TPSA) is 60.9 Å². The van der Waals surface area contributed by atoms with Gasteiger partial charge in [-0.25, -0.2) is 0 Å². The van der Waals surface area contributed by atoms with Gasteiger partial charge in [-0.15, -0.1) is 10.2 Å². The maximum absolute atomic E-state index is 12.5. The van der Waals surface area contributed by atoms with Gasteiger partial charge in [-0.1, -0.05) is 56.8 Å². The van der Waals surface area contributed by atoms with Crippen LogP contribution < -0.4 is 0 Å². The van der Waals surface area contributed by atoms with E-state index in [0.29, 0.717) is 10.9 Å². The molecule has 0 N–H and O–H groups in total. The highest BCUT2D eigenvalue weighted by Gasteiger charge is 2.17. The molecule has 2 heterocycles. The van der Waals surface area contributed by atoms with Crippen molar-refractivity contribution >= 4 is 17.5 Å². The van der Waals surface area contributed by atoms with Crippen LogP contribution in [-0.2, 0) is 12.5 Å². The number of hydrogen-bond acceptors (Lipinski definition) is 5. The summed E-state index contributed by atoms with van der Waals surface area (Å²) in [7, 11) is 1.90. The van der Waals surface area contributed by atoms with Crippen molar-refractivity contribution in [2.45, 2.75) is 38.3 Å². The van der Waals surface area contributed by atoms with Gasteiger partial charge in [0.15, 0.2) is 16.8 Å². The molecule has 0 saturated carbocycles. The number of aryl methyl sites for hydroxylation is 1. The van der Waals surface area contributed by atoms with Crippen molar-refractivity contribution in [2.24, 2.45) is 7.05 Å². The largest absolute Gasteiger partial charge is 0.469 e. The van der Waals surface area contributed by atoms with Crippen LogP contribution in [0.15, 0.2) is 46.2 Å². The van der Waals surface area contributed by atoms with Gasteiger partial charge in [0.1, 0.15) is 5.76 Å². The second-order valence-corrected chi connectivity index (χ2v) is 8.24. The third-order valence-electron chi connectivity index (χ3n) is 4.34. The first-order chi connectivity index (χ1) is 12.3. The van der Waals surface area contributed by atoms with Crippen molar-refractivity contribution in [1.29, 1.82) is 0 Å². The maximum Gasteiger partial charge on any atom is 0.191 e. The number of ketones is 1. The lowest BCUT2D eigenvalue weighted by molar-refractivity contribution is 0.102. The summed E-state index contributed by atoms with van der Waals surface area (Å²) in [5, 5.41) is 9.14. The van der Waals surface area contributed by atoms with Gasteiger partial charge in [0.25, 0.3) is 0 Å². The molecule has 0 aliphatic carbocycles. The summed E-state index contributed by atoms with van der Waals surface area (Å²) in [6.45, 7) is 8.37. The average molecular weight is 369 g/mol. The Balaban J connectivity index is 1.69. The van der Waals surface area contributed by atoms with Crippen LogP contribution in [0.25, 0.3) is 11.4 Å². The van der Waals surface area contributed by atoms with Crippen molar-refractivity contribution in [3.8, 4) is 11.4 Å². The van der Waals surface area contributed by atoms with Crippen molar-refractivity contribution in [3.05, 3.63) is 53.5 Å². The van der Waals surface area contributed by atoms with E-state index in [2.05, 4.69) is 31.0 Å². The molecule has 2 aromatic heterocycles. The Morgan fingerprint density at radius 3 is 2.42 bits per heavy atom. The number of benzene rings is 1. The molecule has 26 heavy (non-hydrogen) atoms. The molecular formula is C20H23N3O2S. The number of rotatable bonds is 5. The minimum atomic E-state index is 0.0799. The molecule has 0 fully saturated rings. The second kappa shape index (κ2) is 7.11. The van der Waals surface area contributed by atoms with E-state index in [1.165, 1.54) is 17.3 Å². The molecule has 136 valence electrons. The molecule has 6 heteroatoms. The number of carbonyl (C=O) groups is 1. The fourth-order valence-electron chi connectivity index (χ4n) is 2.66. The highest BCUT2D eigenvalue weighted by atomic mass is 32.2. The van der Waals surface area contributed by atoms with Crippen LogP contribution in [0.5, 0.6) is 0 Å². The number of carbonyl (C=O) groups excluding carboxylic acids is 1. The van der Waals surface area contributed by atoms with E-state index in [1.54, 1.807) is 6.26 Å². The van der Waals surface area contributed by atoms with Gasteiger partial charge >= 0.3 is 0 Å². The van der Waals surface area contributed by atoms with Crippen LogP contribution in [0.4, 0.5) is 0 Å². The first kappa shape index (κ1) is 18.5. The summed E-state index contributed by atoms with van der Waals surface area (Å²) in [4.78, 5) is 12.5. The Labute approximate surface area is 157 Å². The van der Waals surface area contributed by atoms with Gasteiger partial charge in [0.2, 0.25) is 0 Å². The summed E-state index contributed by atoms with van der Waals surface area (Å²) in [5.41, 5.74) is 2.93. The van der Waals surface area contributed by atoms with Gasteiger partial charge in [-0.3, -0.25) is 4.79 Å². The molecule has 0 atom stereocenters. The summed E-state index contributed by atoms with van der Waals surface area (Å²) in [6.07, 6.45) is 1.64. The fourth-order valence-corrected chi connectivity index (χ4v) is 3.47. The highest BCUT2D eigenvalue weighted by molar-refractivity contribution is 7.99. The van der Waals surface area contributed by atoms with Crippen LogP contribution in [0.1, 0.15) is 42.5 Å². The number of thioether (sulfide) groups is 1. The lowest BCUT2D eigenvalue weighted by atomic mass is 9.86. The van der Waals surface area contributed by atoms with E-state index < -0.39 is 0 Å². The first-order valence-electron chi connectivity index (χ1n) is 8.48. The summed E-state index contributed by atoms with van der Waals surface area (Å²) in [5.74, 6) is 1.94. The predicted molar refractivity (Wildman–Crippen MR) is 104 cm³/mol. The number of nitrogens with zero attached hydrogens (tertiary/aromatic N) is 3. The molecule has 3 rings (SSSR count). The minimum Gasteiger partial charge on any atom is -0.469 e. The normalized spacial score (nSPS) is 11.7. The van der Waals surface area contributed by atoms with Gasteiger partial charge in [-0.05, 0) is 24.0 Å². The third kappa shape index (κ3) is 3.75.